The number of rotatable bonds is 1. The van der Waals surface area contributed by atoms with Gasteiger partial charge < -0.3 is 4.55 Å². The molecule has 0 aliphatic carbocycles. The van der Waals surface area contributed by atoms with Crippen LogP contribution in [0.2, 0.25) is 0 Å². The molecule has 0 N–H and O–H groups in total. The average Bonchev–Trinajstić information content (AvgIpc) is 1.90. The highest BCUT2D eigenvalue weighted by Crippen LogP contribution is 1.89. The van der Waals surface area contributed by atoms with E-state index in [1.54, 1.807) is 6.07 Å². The van der Waals surface area contributed by atoms with Gasteiger partial charge in [-0.05, 0) is 6.07 Å². The van der Waals surface area contributed by atoms with E-state index in [2.05, 4.69) is 9.97 Å². The molecule has 1 rings (SSSR count). The molecule has 9 heavy (non-hydrogen) atoms. The van der Waals surface area contributed by atoms with Crippen LogP contribution in [0.1, 0.15) is 0 Å². The van der Waals surface area contributed by atoms with Gasteiger partial charge in [0.15, 0.2) is 0 Å². The van der Waals surface area contributed by atoms with Crippen LogP contribution >= 0.6 is 0 Å². The Labute approximate surface area is 54.2 Å². The number of hydrogen-bond acceptors (Lipinski definition) is 4. The van der Waals surface area contributed by atoms with E-state index in [0.29, 0.717) is 0 Å². The molecular weight excluding hydrogens is 140 g/mol. The highest BCUT2D eigenvalue weighted by atomic mass is 32.2. The fourth-order valence-corrected chi connectivity index (χ4v) is 0.665. The van der Waals surface area contributed by atoms with Gasteiger partial charge >= 0.3 is 0 Å². The summed E-state index contributed by atoms with van der Waals surface area (Å²) in [7, 11) is 0. The summed E-state index contributed by atoms with van der Waals surface area (Å²) in [5.74, 6) is 0. The van der Waals surface area contributed by atoms with Crippen molar-refractivity contribution in [3.63, 3.8) is 0 Å². The maximum Gasteiger partial charge on any atom is 0.204 e. The van der Waals surface area contributed by atoms with Crippen LogP contribution in [-0.4, -0.2) is 18.7 Å². The molecule has 0 spiro atoms. The summed E-state index contributed by atoms with van der Waals surface area (Å²) >= 11 is -2.30. The van der Waals surface area contributed by atoms with Crippen LogP contribution in [0.25, 0.3) is 0 Å². The lowest BCUT2D eigenvalue weighted by Crippen LogP contribution is -1.94. The zero-order chi connectivity index (χ0) is 6.69. The first-order valence-electron chi connectivity index (χ1n) is 2.17. The molecule has 0 bridgehead atoms. The summed E-state index contributed by atoms with van der Waals surface area (Å²) < 4.78 is 20.2. The van der Waals surface area contributed by atoms with Gasteiger partial charge in [0, 0.05) is 23.5 Å². The molecule has 48 valence electrons. The standard InChI is InChI=1S/C4H4N2O2S/c7-9(8)4-5-2-1-3-6-4/h1-3H,(H,7,8)/p-1. The molecule has 0 saturated heterocycles. The van der Waals surface area contributed by atoms with Crippen molar-refractivity contribution in [2.24, 2.45) is 0 Å². The van der Waals surface area contributed by atoms with Gasteiger partial charge in [-0.25, -0.2) is 9.97 Å². The minimum Gasteiger partial charge on any atom is -0.766 e. The summed E-state index contributed by atoms with van der Waals surface area (Å²) in [5.41, 5.74) is 0. The zero-order valence-electron chi connectivity index (χ0n) is 4.35. The molecule has 1 heterocycles. The molecule has 5 heteroatoms. The molecule has 0 aliphatic heterocycles. The maximum atomic E-state index is 10.1. The summed E-state index contributed by atoms with van der Waals surface area (Å²) in [6.07, 6.45) is 2.75. The predicted molar refractivity (Wildman–Crippen MR) is 29.2 cm³/mol. The topological polar surface area (TPSA) is 65.9 Å². The maximum absolute atomic E-state index is 10.1. The molecule has 0 aliphatic rings. The Morgan fingerprint density at radius 3 is 2.33 bits per heavy atom. The van der Waals surface area contributed by atoms with E-state index in [9.17, 15) is 8.76 Å². The van der Waals surface area contributed by atoms with Crippen LogP contribution < -0.4 is 0 Å². The first kappa shape index (κ1) is 6.31. The third kappa shape index (κ3) is 1.55. The lowest BCUT2D eigenvalue weighted by atomic mass is 10.7. The van der Waals surface area contributed by atoms with Crippen molar-refractivity contribution in [1.29, 1.82) is 0 Å². The molecule has 1 unspecified atom stereocenters. The molecule has 0 fully saturated rings. The Hall–Kier alpha value is -0.810. The number of aromatic nitrogens is 2. The van der Waals surface area contributed by atoms with Crippen molar-refractivity contribution >= 4 is 11.1 Å². The first-order valence-corrected chi connectivity index (χ1v) is 3.24. The SMILES string of the molecule is O=S([O-])c1ncccn1. The summed E-state index contributed by atoms with van der Waals surface area (Å²) in [5, 5.41) is -0.169. The van der Waals surface area contributed by atoms with Crippen LogP contribution in [0.4, 0.5) is 0 Å². The lowest BCUT2D eigenvalue weighted by Gasteiger charge is -1.98. The predicted octanol–water partition coefficient (Wildman–Crippen LogP) is -0.285. The van der Waals surface area contributed by atoms with Crippen LogP contribution in [0.15, 0.2) is 23.6 Å². The summed E-state index contributed by atoms with van der Waals surface area (Å²) in [6.45, 7) is 0. The third-order valence-electron chi connectivity index (χ3n) is 0.691. The summed E-state index contributed by atoms with van der Waals surface area (Å²) in [4.78, 5) is 6.91. The van der Waals surface area contributed by atoms with E-state index in [4.69, 9.17) is 0 Å². The summed E-state index contributed by atoms with van der Waals surface area (Å²) in [6, 6.07) is 1.55. The third-order valence-corrected chi connectivity index (χ3v) is 1.20. The monoisotopic (exact) mass is 143 g/mol. The van der Waals surface area contributed by atoms with E-state index >= 15 is 0 Å². The Bertz CT molecular complexity index is 213. The molecule has 0 saturated carbocycles. The van der Waals surface area contributed by atoms with Gasteiger partial charge in [-0.3, -0.25) is 4.21 Å². The van der Waals surface area contributed by atoms with Gasteiger partial charge in [0.25, 0.3) is 0 Å². The number of hydrogen-bond donors (Lipinski definition) is 0. The second-order valence-electron chi connectivity index (χ2n) is 1.27. The van der Waals surface area contributed by atoms with Crippen LogP contribution in [0, 0.1) is 0 Å². The van der Waals surface area contributed by atoms with Crippen molar-refractivity contribution in [2.75, 3.05) is 0 Å². The molecule has 0 radical (unpaired) electrons. The van der Waals surface area contributed by atoms with Crippen LogP contribution in [0.5, 0.6) is 0 Å². The number of nitrogens with zero attached hydrogens (tertiary/aromatic N) is 2. The van der Waals surface area contributed by atoms with Crippen LogP contribution in [0.3, 0.4) is 0 Å². The molecule has 0 amide bonds. The van der Waals surface area contributed by atoms with Crippen molar-refractivity contribution in [2.45, 2.75) is 5.16 Å². The largest absolute Gasteiger partial charge is 0.766 e. The van der Waals surface area contributed by atoms with E-state index in [1.807, 2.05) is 0 Å². The minimum absolute atomic E-state index is 0.169. The quantitative estimate of drug-likeness (QED) is 0.400. The van der Waals surface area contributed by atoms with Gasteiger partial charge in [-0.15, -0.1) is 0 Å². The Balaban J connectivity index is 2.98. The van der Waals surface area contributed by atoms with Crippen molar-refractivity contribution in [1.82, 2.24) is 9.97 Å². The van der Waals surface area contributed by atoms with E-state index in [0.717, 1.165) is 0 Å². The van der Waals surface area contributed by atoms with Crippen LogP contribution in [-0.2, 0) is 11.1 Å². The van der Waals surface area contributed by atoms with Gasteiger partial charge in [0.2, 0.25) is 5.16 Å². The van der Waals surface area contributed by atoms with Gasteiger partial charge in [-0.1, -0.05) is 0 Å². The van der Waals surface area contributed by atoms with E-state index in [-0.39, 0.29) is 5.16 Å². The van der Waals surface area contributed by atoms with Gasteiger partial charge in [-0.2, -0.15) is 0 Å². The fourth-order valence-electron chi connectivity index (χ4n) is 0.371. The fraction of sp³-hybridized carbons (Fsp3) is 0. The Morgan fingerprint density at radius 2 is 2.00 bits per heavy atom. The van der Waals surface area contributed by atoms with Gasteiger partial charge in [0.1, 0.15) is 0 Å². The molecule has 4 nitrogen and oxygen atoms in total. The highest BCUT2D eigenvalue weighted by molar-refractivity contribution is 7.78. The molecule has 1 aromatic rings. The molecule has 1 aromatic heterocycles. The van der Waals surface area contributed by atoms with E-state index < -0.39 is 11.1 Å². The smallest absolute Gasteiger partial charge is 0.204 e. The van der Waals surface area contributed by atoms with Crippen molar-refractivity contribution in [3.8, 4) is 0 Å². The van der Waals surface area contributed by atoms with Gasteiger partial charge in [0.05, 0.1) is 0 Å². The van der Waals surface area contributed by atoms with E-state index in [1.165, 1.54) is 12.4 Å². The second kappa shape index (κ2) is 2.65. The molecule has 1 atom stereocenters. The normalized spacial score (nSPS) is 13.0. The molecular formula is C4H3N2O2S-. The van der Waals surface area contributed by atoms with Crippen molar-refractivity contribution < 1.29 is 8.76 Å². The highest BCUT2D eigenvalue weighted by Gasteiger charge is 1.88. The average molecular weight is 143 g/mol. The Morgan fingerprint density at radius 1 is 1.44 bits per heavy atom. The van der Waals surface area contributed by atoms with Crippen molar-refractivity contribution in [3.05, 3.63) is 18.5 Å². The first-order chi connectivity index (χ1) is 4.30. The second-order valence-corrected chi connectivity index (χ2v) is 2.10. The lowest BCUT2D eigenvalue weighted by molar-refractivity contribution is 0.528. The molecule has 0 aromatic carbocycles. The minimum atomic E-state index is -2.30. The zero-order valence-corrected chi connectivity index (χ0v) is 5.17. The Kier molecular flexibility index (Phi) is 1.86.